The maximum absolute atomic E-state index is 13.5. The molecule has 3 aliphatic rings. The zero-order chi connectivity index (χ0) is 20.3. The van der Waals surface area contributed by atoms with E-state index in [9.17, 15) is 17.6 Å². The minimum Gasteiger partial charge on any atom is -0.345 e. The van der Waals surface area contributed by atoms with Crippen molar-refractivity contribution in [3.05, 3.63) is 47.0 Å². The quantitative estimate of drug-likeness (QED) is 0.801. The molecule has 0 radical (unpaired) electrons. The third-order valence-corrected chi connectivity index (χ3v) is 7.32. The first-order valence-electron chi connectivity index (χ1n) is 8.85. The first kappa shape index (κ1) is 18.7. The third kappa shape index (κ3) is 2.89. The number of anilines is 1. The average molecular weight is 402 g/mol. The lowest BCUT2D eigenvalue weighted by Crippen LogP contribution is -2.67. The molecule has 146 valence electrons. The van der Waals surface area contributed by atoms with Crippen molar-refractivity contribution >= 4 is 21.6 Å². The Hall–Kier alpha value is -2.70. The molecule has 3 aliphatic carbocycles. The van der Waals surface area contributed by atoms with Gasteiger partial charge in [0.05, 0.1) is 5.56 Å². The van der Waals surface area contributed by atoms with Gasteiger partial charge in [0.15, 0.2) is 0 Å². The molecule has 28 heavy (non-hydrogen) atoms. The normalized spacial score (nSPS) is 22.7. The van der Waals surface area contributed by atoms with Crippen LogP contribution in [-0.4, -0.2) is 24.4 Å². The van der Waals surface area contributed by atoms with Gasteiger partial charge in [0.25, 0.3) is 5.91 Å². The van der Waals surface area contributed by atoms with E-state index in [1.54, 1.807) is 20.0 Å². The Morgan fingerprint density at radius 2 is 2.04 bits per heavy atom. The molecule has 1 heterocycles. The van der Waals surface area contributed by atoms with Gasteiger partial charge in [-0.05, 0) is 55.9 Å². The highest BCUT2D eigenvalue weighted by Gasteiger charge is 2.58. The first-order chi connectivity index (χ1) is 13.1. The van der Waals surface area contributed by atoms with E-state index in [4.69, 9.17) is 5.26 Å². The maximum Gasteiger partial charge on any atom is 0.272 e. The first-order valence-corrected chi connectivity index (χ1v) is 10.3. The van der Waals surface area contributed by atoms with Crippen LogP contribution in [0.3, 0.4) is 0 Å². The minimum absolute atomic E-state index is 0.0710. The van der Waals surface area contributed by atoms with Crippen LogP contribution in [0.2, 0.25) is 0 Å². The summed E-state index contributed by atoms with van der Waals surface area (Å²) in [6.45, 7) is 1.58. The van der Waals surface area contributed by atoms with Crippen LogP contribution in [0.25, 0.3) is 0 Å². The number of aryl methyl sites for hydroxylation is 1. The van der Waals surface area contributed by atoms with E-state index in [1.807, 2.05) is 0 Å². The van der Waals surface area contributed by atoms with Crippen LogP contribution in [0.4, 0.5) is 10.1 Å². The molecular weight excluding hydrogens is 383 g/mol. The van der Waals surface area contributed by atoms with Gasteiger partial charge in [-0.3, -0.25) is 4.79 Å². The summed E-state index contributed by atoms with van der Waals surface area (Å²) in [5, 5.41) is 11.5. The number of sulfonamides is 1. The molecular formula is C19H19FN4O3S. The van der Waals surface area contributed by atoms with Crippen molar-refractivity contribution in [2.45, 2.75) is 36.6 Å². The zero-order valence-corrected chi connectivity index (χ0v) is 16.2. The summed E-state index contributed by atoms with van der Waals surface area (Å²) in [7, 11) is -2.15. The Morgan fingerprint density at radius 1 is 1.36 bits per heavy atom. The second-order valence-electron chi connectivity index (χ2n) is 7.70. The van der Waals surface area contributed by atoms with Crippen molar-refractivity contribution in [3.8, 4) is 6.07 Å². The highest BCUT2D eigenvalue weighted by atomic mass is 32.2. The van der Waals surface area contributed by atoms with Crippen LogP contribution in [0.15, 0.2) is 29.3 Å². The van der Waals surface area contributed by atoms with Gasteiger partial charge in [-0.25, -0.2) is 17.5 Å². The summed E-state index contributed by atoms with van der Waals surface area (Å²) in [5.74, 6) is -0.582. The van der Waals surface area contributed by atoms with Gasteiger partial charge < -0.3 is 9.88 Å². The molecule has 0 spiro atoms. The molecule has 3 saturated carbocycles. The SMILES string of the molecule is Cc1c(S(=O)(=O)NC23CC(C2)C3)cn(C)c1C(=O)Nc1ccc(F)c(C#N)c1. The smallest absolute Gasteiger partial charge is 0.272 e. The van der Waals surface area contributed by atoms with Crippen molar-refractivity contribution in [1.82, 2.24) is 9.29 Å². The molecule has 0 saturated heterocycles. The number of amides is 1. The van der Waals surface area contributed by atoms with Crippen LogP contribution < -0.4 is 10.0 Å². The summed E-state index contributed by atoms with van der Waals surface area (Å²) in [5.41, 5.74) is 0.269. The van der Waals surface area contributed by atoms with Crippen molar-refractivity contribution in [2.24, 2.45) is 13.0 Å². The minimum atomic E-state index is -3.74. The van der Waals surface area contributed by atoms with Crippen molar-refractivity contribution in [1.29, 1.82) is 5.26 Å². The molecule has 1 aromatic carbocycles. The zero-order valence-electron chi connectivity index (χ0n) is 15.4. The van der Waals surface area contributed by atoms with E-state index >= 15 is 0 Å². The number of aromatic nitrogens is 1. The summed E-state index contributed by atoms with van der Waals surface area (Å²) in [6, 6.07) is 5.38. The Labute approximate surface area is 162 Å². The molecule has 7 nitrogen and oxygen atoms in total. The van der Waals surface area contributed by atoms with Gasteiger partial charge in [0.2, 0.25) is 10.0 Å². The highest BCUT2D eigenvalue weighted by molar-refractivity contribution is 7.89. The lowest BCUT2D eigenvalue weighted by Gasteiger charge is -2.61. The summed E-state index contributed by atoms with van der Waals surface area (Å²) < 4.78 is 43.3. The maximum atomic E-state index is 13.5. The highest BCUT2D eigenvalue weighted by Crippen LogP contribution is 2.57. The molecule has 0 atom stereocenters. The number of hydrogen-bond donors (Lipinski definition) is 2. The van der Waals surface area contributed by atoms with Crippen LogP contribution in [0.5, 0.6) is 0 Å². The van der Waals surface area contributed by atoms with E-state index < -0.39 is 21.7 Å². The van der Waals surface area contributed by atoms with E-state index in [0.29, 0.717) is 11.5 Å². The Balaban J connectivity index is 1.60. The largest absolute Gasteiger partial charge is 0.345 e. The van der Waals surface area contributed by atoms with Gasteiger partial charge in [-0.1, -0.05) is 0 Å². The molecule has 0 unspecified atom stereocenters. The summed E-state index contributed by atoms with van der Waals surface area (Å²) >= 11 is 0. The molecule has 2 aromatic rings. The van der Waals surface area contributed by atoms with Crippen LogP contribution in [0, 0.1) is 30.0 Å². The molecule has 2 N–H and O–H groups in total. The number of carbonyl (C=O) groups is 1. The number of halogens is 1. The van der Waals surface area contributed by atoms with Gasteiger partial charge in [-0.15, -0.1) is 0 Å². The van der Waals surface area contributed by atoms with Crippen LogP contribution >= 0.6 is 0 Å². The van der Waals surface area contributed by atoms with Gasteiger partial charge in [0.1, 0.15) is 22.5 Å². The molecule has 9 heteroatoms. The fourth-order valence-electron chi connectivity index (χ4n) is 4.14. The molecule has 3 fully saturated rings. The predicted molar refractivity (Wildman–Crippen MR) is 99.6 cm³/mol. The van der Waals surface area contributed by atoms with E-state index in [1.165, 1.54) is 22.9 Å². The van der Waals surface area contributed by atoms with Gasteiger partial charge >= 0.3 is 0 Å². The van der Waals surface area contributed by atoms with E-state index in [2.05, 4.69) is 10.0 Å². The topological polar surface area (TPSA) is 104 Å². The Morgan fingerprint density at radius 3 is 2.61 bits per heavy atom. The van der Waals surface area contributed by atoms with Gasteiger partial charge in [-0.2, -0.15) is 5.26 Å². The van der Waals surface area contributed by atoms with Gasteiger partial charge in [0, 0.05) is 24.5 Å². The number of hydrogen-bond acceptors (Lipinski definition) is 4. The summed E-state index contributed by atoms with van der Waals surface area (Å²) in [6.07, 6.45) is 4.04. The second-order valence-corrected chi connectivity index (χ2v) is 9.35. The standard InChI is InChI=1S/C19H19FN4O3S/c1-11-16(28(26,27)23-19-6-12(7-19)8-19)10-24(2)17(11)18(25)22-14-3-4-15(20)13(5-14)9-21/h3-5,10,12,23H,6-8H2,1-2H3,(H,22,25). The molecule has 1 amide bonds. The Bertz CT molecular complexity index is 1130. The van der Waals surface area contributed by atoms with Crippen LogP contribution in [0.1, 0.15) is 40.9 Å². The Kier molecular flexibility index (Phi) is 4.10. The fraction of sp³-hybridized carbons (Fsp3) is 0.368. The van der Waals surface area contributed by atoms with E-state index in [0.717, 1.165) is 25.3 Å². The van der Waals surface area contributed by atoms with Crippen molar-refractivity contribution in [3.63, 3.8) is 0 Å². The number of carbonyl (C=O) groups excluding carboxylic acids is 1. The third-order valence-electron chi connectivity index (χ3n) is 5.63. The number of nitrogens with one attached hydrogen (secondary N) is 2. The molecule has 5 rings (SSSR count). The number of rotatable bonds is 5. The van der Waals surface area contributed by atoms with Crippen LogP contribution in [-0.2, 0) is 17.1 Å². The van der Waals surface area contributed by atoms with Crippen molar-refractivity contribution < 1.29 is 17.6 Å². The second kappa shape index (κ2) is 6.15. The molecule has 2 bridgehead atoms. The fourth-order valence-corrected chi connectivity index (χ4v) is 5.87. The number of benzene rings is 1. The molecule has 1 aromatic heterocycles. The summed E-state index contributed by atoms with van der Waals surface area (Å²) in [4.78, 5) is 12.8. The average Bonchev–Trinajstić information content (AvgIpc) is 2.87. The monoisotopic (exact) mass is 402 g/mol. The lowest BCUT2D eigenvalue weighted by atomic mass is 9.50. The van der Waals surface area contributed by atoms with Crippen molar-refractivity contribution in [2.75, 3.05) is 5.32 Å². The number of nitriles is 1. The molecule has 0 aliphatic heterocycles. The van der Waals surface area contributed by atoms with E-state index in [-0.39, 0.29) is 27.4 Å². The number of nitrogens with zero attached hydrogens (tertiary/aromatic N) is 2. The predicted octanol–water partition coefficient (Wildman–Crippen LogP) is 2.43. The lowest BCUT2D eigenvalue weighted by molar-refractivity contribution is -0.0317.